The van der Waals surface area contributed by atoms with Crippen molar-refractivity contribution in [3.05, 3.63) is 58.4 Å². The Hall–Kier alpha value is -2.64. The van der Waals surface area contributed by atoms with E-state index >= 15 is 0 Å². The van der Waals surface area contributed by atoms with Crippen LogP contribution in [0.4, 0.5) is 4.39 Å². The summed E-state index contributed by atoms with van der Waals surface area (Å²) in [6.45, 7) is 2.33. The molecule has 1 spiro atoms. The number of nitrogens with zero attached hydrogens (tertiary/aromatic N) is 2. The van der Waals surface area contributed by atoms with E-state index in [1.165, 1.54) is 25.0 Å². The molecule has 3 aliphatic heterocycles. The topological polar surface area (TPSA) is 73.2 Å². The number of carbonyl (C=O) groups excluding carboxylic acids is 1. The quantitative estimate of drug-likeness (QED) is 0.712. The number of aliphatic hydroxyl groups is 1. The summed E-state index contributed by atoms with van der Waals surface area (Å²) in [7, 11) is 0. The molecule has 35 heavy (non-hydrogen) atoms. The van der Waals surface area contributed by atoms with Gasteiger partial charge in [-0.05, 0) is 80.3 Å². The van der Waals surface area contributed by atoms with E-state index in [2.05, 4.69) is 4.90 Å². The van der Waals surface area contributed by atoms with E-state index in [1.54, 1.807) is 12.1 Å². The SMILES string of the molecule is O=C1c2cc(F)ccc2CN1C1CC[C@@]2(O)[C@H]3Cc4ccc(O)c5c4[C@@]2(CCN3CC2CC2)C1O5. The van der Waals surface area contributed by atoms with E-state index in [4.69, 9.17) is 4.74 Å². The Balaban J connectivity index is 1.25. The van der Waals surface area contributed by atoms with Crippen LogP contribution in [0.2, 0.25) is 0 Å². The van der Waals surface area contributed by atoms with Gasteiger partial charge in [-0.2, -0.15) is 0 Å². The van der Waals surface area contributed by atoms with Gasteiger partial charge in [-0.1, -0.05) is 12.1 Å². The summed E-state index contributed by atoms with van der Waals surface area (Å²) < 4.78 is 20.5. The molecule has 0 aromatic heterocycles. The lowest BCUT2D eigenvalue weighted by Crippen LogP contribution is -2.78. The summed E-state index contributed by atoms with van der Waals surface area (Å²) in [5, 5.41) is 23.4. The first-order valence-corrected chi connectivity index (χ1v) is 13.0. The zero-order valence-electron chi connectivity index (χ0n) is 19.5. The number of amides is 1. The second kappa shape index (κ2) is 6.56. The fourth-order valence-electron chi connectivity index (χ4n) is 8.34. The summed E-state index contributed by atoms with van der Waals surface area (Å²) >= 11 is 0. The number of phenolic OH excluding ortho intramolecular Hbond substituents is 1. The number of likely N-dealkylation sites (tertiary alicyclic amines) is 1. The molecule has 2 unspecified atom stereocenters. The van der Waals surface area contributed by atoms with Crippen molar-refractivity contribution in [2.75, 3.05) is 13.1 Å². The Labute approximate surface area is 203 Å². The molecule has 3 aliphatic carbocycles. The largest absolute Gasteiger partial charge is 0.504 e. The Morgan fingerprint density at radius 3 is 2.77 bits per heavy atom. The summed E-state index contributed by atoms with van der Waals surface area (Å²) in [5.41, 5.74) is 1.72. The van der Waals surface area contributed by atoms with Crippen molar-refractivity contribution in [2.45, 2.75) is 74.3 Å². The minimum absolute atomic E-state index is 0.00691. The minimum atomic E-state index is -0.977. The predicted octanol–water partition coefficient (Wildman–Crippen LogP) is 3.12. The average Bonchev–Trinajstić information content (AvgIpc) is 3.50. The monoisotopic (exact) mass is 476 g/mol. The summed E-state index contributed by atoms with van der Waals surface area (Å²) in [6.07, 6.45) is 4.77. The Kier molecular flexibility index (Phi) is 3.85. The number of piperidine rings is 1. The van der Waals surface area contributed by atoms with Crippen LogP contribution in [-0.2, 0) is 18.4 Å². The lowest BCUT2D eigenvalue weighted by atomic mass is 9.48. The van der Waals surface area contributed by atoms with E-state index in [9.17, 15) is 19.4 Å². The van der Waals surface area contributed by atoms with Crippen LogP contribution in [0, 0.1) is 11.7 Å². The van der Waals surface area contributed by atoms with Crippen LogP contribution in [0.3, 0.4) is 0 Å². The first-order chi connectivity index (χ1) is 16.9. The van der Waals surface area contributed by atoms with Crippen LogP contribution in [0.5, 0.6) is 11.5 Å². The van der Waals surface area contributed by atoms with Gasteiger partial charge in [-0.15, -0.1) is 0 Å². The van der Waals surface area contributed by atoms with Crippen LogP contribution in [0.25, 0.3) is 0 Å². The van der Waals surface area contributed by atoms with Gasteiger partial charge in [0, 0.05) is 30.3 Å². The second-order valence-corrected chi connectivity index (χ2v) is 11.6. The predicted molar refractivity (Wildman–Crippen MR) is 125 cm³/mol. The van der Waals surface area contributed by atoms with Crippen LogP contribution >= 0.6 is 0 Å². The molecule has 1 amide bonds. The third-order valence-corrected chi connectivity index (χ3v) is 10.0. The van der Waals surface area contributed by atoms with E-state index in [0.717, 1.165) is 48.5 Å². The Bertz CT molecular complexity index is 1290. The van der Waals surface area contributed by atoms with Crippen LogP contribution in [0.15, 0.2) is 30.3 Å². The van der Waals surface area contributed by atoms with Gasteiger partial charge in [0.05, 0.1) is 17.1 Å². The molecular weight excluding hydrogens is 447 g/mol. The maximum atomic E-state index is 13.9. The molecule has 2 aromatic rings. The molecule has 2 N–H and O–H groups in total. The van der Waals surface area contributed by atoms with Gasteiger partial charge in [0.25, 0.3) is 5.91 Å². The Morgan fingerprint density at radius 1 is 1.11 bits per heavy atom. The molecule has 8 rings (SSSR count). The maximum Gasteiger partial charge on any atom is 0.254 e. The zero-order chi connectivity index (χ0) is 23.7. The maximum absolute atomic E-state index is 13.9. The smallest absolute Gasteiger partial charge is 0.254 e. The van der Waals surface area contributed by atoms with E-state index < -0.39 is 22.9 Å². The van der Waals surface area contributed by atoms with Crippen LogP contribution < -0.4 is 4.74 Å². The number of ether oxygens (including phenoxy) is 1. The minimum Gasteiger partial charge on any atom is -0.504 e. The van der Waals surface area contributed by atoms with Crippen molar-refractivity contribution in [1.29, 1.82) is 0 Å². The molecule has 3 heterocycles. The standard InChI is InChI=1S/C28H29FN2O4/c29-18-5-3-17-14-31(26(33)19(17)12-18)20-7-8-28(34)22-11-16-4-6-21(32)24-23(16)27(28,25(20)35-24)9-10-30(22)13-15-1-2-15/h3-6,12,15,20,22,25,32,34H,1-2,7-11,13-14H2/t20?,22-,25?,27+,28-/m1/s1. The number of halogens is 1. The van der Waals surface area contributed by atoms with Crippen molar-refractivity contribution in [3.8, 4) is 11.5 Å². The first kappa shape index (κ1) is 20.5. The number of phenols is 1. The number of rotatable bonds is 3. The lowest BCUT2D eigenvalue weighted by Gasteiger charge is -2.64. The van der Waals surface area contributed by atoms with Gasteiger partial charge in [0.15, 0.2) is 11.5 Å². The summed E-state index contributed by atoms with van der Waals surface area (Å²) in [4.78, 5) is 17.8. The molecule has 2 saturated carbocycles. The molecular formula is C28H29FN2O4. The molecule has 1 saturated heterocycles. The second-order valence-electron chi connectivity index (χ2n) is 11.6. The number of fused-ring (bicyclic) bond motifs is 1. The van der Waals surface area contributed by atoms with Gasteiger partial charge in [0.2, 0.25) is 0 Å². The number of aromatic hydroxyl groups is 1. The highest BCUT2D eigenvalue weighted by Crippen LogP contribution is 2.66. The first-order valence-electron chi connectivity index (χ1n) is 13.0. The van der Waals surface area contributed by atoms with Gasteiger partial charge in [0.1, 0.15) is 11.9 Å². The molecule has 5 atom stereocenters. The molecule has 7 heteroatoms. The highest BCUT2D eigenvalue weighted by molar-refractivity contribution is 5.98. The third-order valence-electron chi connectivity index (χ3n) is 10.0. The molecule has 6 nitrogen and oxygen atoms in total. The van der Waals surface area contributed by atoms with E-state index in [-0.39, 0.29) is 23.7 Å². The summed E-state index contributed by atoms with van der Waals surface area (Å²) in [6, 6.07) is 7.89. The average molecular weight is 477 g/mol. The highest BCUT2D eigenvalue weighted by Gasteiger charge is 2.73. The molecule has 0 radical (unpaired) electrons. The van der Waals surface area contributed by atoms with Gasteiger partial charge >= 0.3 is 0 Å². The molecule has 2 aromatic carbocycles. The van der Waals surface area contributed by atoms with Gasteiger partial charge < -0.3 is 19.8 Å². The number of hydrogen-bond donors (Lipinski definition) is 2. The van der Waals surface area contributed by atoms with Crippen molar-refractivity contribution in [3.63, 3.8) is 0 Å². The van der Waals surface area contributed by atoms with Gasteiger partial charge in [-0.3, -0.25) is 9.69 Å². The Morgan fingerprint density at radius 2 is 1.94 bits per heavy atom. The van der Waals surface area contributed by atoms with Crippen molar-refractivity contribution in [2.24, 2.45) is 5.92 Å². The number of carbonyl (C=O) groups is 1. The zero-order valence-corrected chi connectivity index (χ0v) is 19.5. The van der Waals surface area contributed by atoms with Crippen molar-refractivity contribution >= 4 is 5.91 Å². The third kappa shape index (κ3) is 2.44. The van der Waals surface area contributed by atoms with E-state index in [1.807, 2.05) is 11.0 Å². The van der Waals surface area contributed by atoms with E-state index in [0.29, 0.717) is 30.7 Å². The van der Waals surface area contributed by atoms with Crippen molar-refractivity contribution in [1.82, 2.24) is 9.80 Å². The van der Waals surface area contributed by atoms with Gasteiger partial charge in [-0.25, -0.2) is 4.39 Å². The normalized spacial score (nSPS) is 36.7. The molecule has 6 aliphatic rings. The fourth-order valence-corrected chi connectivity index (χ4v) is 8.34. The highest BCUT2D eigenvalue weighted by atomic mass is 19.1. The molecule has 3 fully saturated rings. The van der Waals surface area contributed by atoms with Crippen LogP contribution in [0.1, 0.15) is 59.2 Å². The summed E-state index contributed by atoms with van der Waals surface area (Å²) in [5.74, 6) is 0.742. The molecule has 182 valence electrons. The molecule has 2 bridgehead atoms. The van der Waals surface area contributed by atoms with Crippen molar-refractivity contribution < 1.29 is 24.1 Å². The fraction of sp³-hybridized carbons (Fsp3) is 0.536. The number of benzene rings is 2. The lowest BCUT2D eigenvalue weighted by molar-refractivity contribution is -0.198. The number of hydrogen-bond acceptors (Lipinski definition) is 5. The van der Waals surface area contributed by atoms with Crippen LogP contribution in [-0.4, -0.2) is 62.8 Å².